The van der Waals surface area contributed by atoms with Crippen LogP contribution in [0.5, 0.6) is 0 Å². The standard InChI is InChI=1S/C15H22N2O3S/c1-20-15(19)9-12(13-3-2-8-21-13)17-14(18)5-4-11-6-7-16-10-11/h2-3,8,11-12,16H,4-7,9-10H2,1H3,(H,17,18). The van der Waals surface area contributed by atoms with E-state index >= 15 is 0 Å². The number of carbonyl (C=O) groups is 2. The first-order valence-electron chi connectivity index (χ1n) is 7.29. The van der Waals surface area contributed by atoms with Gasteiger partial charge in [-0.05, 0) is 43.3 Å². The molecule has 0 aliphatic carbocycles. The summed E-state index contributed by atoms with van der Waals surface area (Å²) in [5.74, 6) is 0.287. The second kappa shape index (κ2) is 8.14. The van der Waals surface area contributed by atoms with E-state index in [2.05, 4.69) is 10.6 Å². The van der Waals surface area contributed by atoms with Crippen LogP contribution in [0.4, 0.5) is 0 Å². The minimum absolute atomic E-state index is 0.00389. The Kier molecular flexibility index (Phi) is 6.20. The van der Waals surface area contributed by atoms with Crippen LogP contribution in [-0.2, 0) is 14.3 Å². The smallest absolute Gasteiger partial charge is 0.307 e. The number of carbonyl (C=O) groups excluding carboxylic acids is 2. The number of thiophene rings is 1. The first-order valence-corrected chi connectivity index (χ1v) is 8.17. The zero-order valence-electron chi connectivity index (χ0n) is 12.3. The van der Waals surface area contributed by atoms with Gasteiger partial charge in [-0.15, -0.1) is 11.3 Å². The maximum absolute atomic E-state index is 12.1. The van der Waals surface area contributed by atoms with Crippen molar-refractivity contribution in [2.45, 2.75) is 31.7 Å². The van der Waals surface area contributed by atoms with Gasteiger partial charge in [-0.1, -0.05) is 6.07 Å². The molecule has 2 atom stereocenters. The molecule has 0 aromatic carbocycles. The zero-order valence-corrected chi connectivity index (χ0v) is 13.1. The molecule has 2 heterocycles. The van der Waals surface area contributed by atoms with Gasteiger partial charge in [0, 0.05) is 11.3 Å². The van der Waals surface area contributed by atoms with Gasteiger partial charge in [0.05, 0.1) is 19.6 Å². The first kappa shape index (κ1) is 16.0. The summed E-state index contributed by atoms with van der Waals surface area (Å²) in [6.45, 7) is 2.05. The molecule has 0 radical (unpaired) electrons. The number of ether oxygens (including phenoxy) is 1. The second-order valence-corrected chi connectivity index (χ2v) is 6.29. The number of amides is 1. The van der Waals surface area contributed by atoms with Crippen LogP contribution in [0.3, 0.4) is 0 Å². The van der Waals surface area contributed by atoms with Crippen LogP contribution in [0.25, 0.3) is 0 Å². The molecular weight excluding hydrogens is 288 g/mol. The van der Waals surface area contributed by atoms with Crippen LogP contribution in [0.1, 0.15) is 36.6 Å². The fraction of sp³-hybridized carbons (Fsp3) is 0.600. The van der Waals surface area contributed by atoms with Crippen molar-refractivity contribution in [1.82, 2.24) is 10.6 Å². The van der Waals surface area contributed by atoms with Crippen molar-refractivity contribution in [2.75, 3.05) is 20.2 Å². The third-order valence-corrected chi connectivity index (χ3v) is 4.75. The molecule has 1 fully saturated rings. The summed E-state index contributed by atoms with van der Waals surface area (Å²) in [6.07, 6.45) is 2.72. The molecule has 1 aliphatic heterocycles. The van der Waals surface area contributed by atoms with Crippen LogP contribution >= 0.6 is 11.3 Å². The summed E-state index contributed by atoms with van der Waals surface area (Å²) in [4.78, 5) is 24.6. The van der Waals surface area contributed by atoms with Crippen molar-refractivity contribution in [3.63, 3.8) is 0 Å². The van der Waals surface area contributed by atoms with Crippen molar-refractivity contribution in [2.24, 2.45) is 5.92 Å². The lowest BCUT2D eigenvalue weighted by Gasteiger charge is -2.17. The summed E-state index contributed by atoms with van der Waals surface area (Å²) in [5.41, 5.74) is 0. The molecule has 2 unspecified atom stereocenters. The number of esters is 1. The van der Waals surface area contributed by atoms with Gasteiger partial charge in [-0.3, -0.25) is 9.59 Å². The molecule has 5 nitrogen and oxygen atoms in total. The monoisotopic (exact) mass is 310 g/mol. The van der Waals surface area contributed by atoms with Gasteiger partial charge >= 0.3 is 5.97 Å². The molecule has 1 saturated heterocycles. The number of rotatable bonds is 7. The third-order valence-electron chi connectivity index (χ3n) is 3.76. The molecule has 1 aromatic heterocycles. The van der Waals surface area contributed by atoms with E-state index in [9.17, 15) is 9.59 Å². The number of hydrogen-bond donors (Lipinski definition) is 2. The summed E-state index contributed by atoms with van der Waals surface area (Å²) in [7, 11) is 1.36. The largest absolute Gasteiger partial charge is 0.469 e. The highest BCUT2D eigenvalue weighted by Crippen LogP contribution is 2.23. The lowest BCUT2D eigenvalue weighted by atomic mass is 10.0. The summed E-state index contributed by atoms with van der Waals surface area (Å²) in [6, 6.07) is 3.56. The quantitative estimate of drug-likeness (QED) is 0.754. The fourth-order valence-corrected chi connectivity index (χ4v) is 3.30. The van der Waals surface area contributed by atoms with Crippen molar-refractivity contribution < 1.29 is 14.3 Å². The van der Waals surface area contributed by atoms with E-state index in [0.717, 1.165) is 30.8 Å². The Balaban J connectivity index is 1.85. The van der Waals surface area contributed by atoms with E-state index in [1.54, 1.807) is 0 Å². The molecule has 2 N–H and O–H groups in total. The Hall–Kier alpha value is -1.40. The molecule has 1 amide bonds. The van der Waals surface area contributed by atoms with E-state index < -0.39 is 0 Å². The Bertz CT molecular complexity index is 455. The van der Waals surface area contributed by atoms with Crippen LogP contribution in [0, 0.1) is 5.92 Å². The van der Waals surface area contributed by atoms with Gasteiger partial charge in [0.2, 0.25) is 5.91 Å². The molecule has 1 aromatic rings. The van der Waals surface area contributed by atoms with E-state index in [1.165, 1.54) is 18.4 Å². The molecule has 2 rings (SSSR count). The van der Waals surface area contributed by atoms with Gasteiger partial charge in [-0.25, -0.2) is 0 Å². The Morgan fingerprint density at radius 1 is 1.57 bits per heavy atom. The molecule has 1 aliphatic rings. The predicted octanol–water partition coefficient (Wildman–Crippen LogP) is 1.86. The Labute approximate surface area is 129 Å². The lowest BCUT2D eigenvalue weighted by molar-refractivity contribution is -0.141. The molecule has 6 heteroatoms. The number of nitrogens with one attached hydrogen (secondary N) is 2. The van der Waals surface area contributed by atoms with E-state index in [-0.39, 0.29) is 24.3 Å². The Morgan fingerprint density at radius 3 is 3.05 bits per heavy atom. The van der Waals surface area contributed by atoms with Gasteiger partial charge in [0.1, 0.15) is 0 Å². The van der Waals surface area contributed by atoms with Crippen LogP contribution < -0.4 is 10.6 Å². The average Bonchev–Trinajstić information content (AvgIpc) is 3.17. The highest BCUT2D eigenvalue weighted by atomic mass is 32.1. The average molecular weight is 310 g/mol. The van der Waals surface area contributed by atoms with Crippen molar-refractivity contribution in [3.05, 3.63) is 22.4 Å². The maximum atomic E-state index is 12.1. The van der Waals surface area contributed by atoms with Gasteiger partial charge in [0.25, 0.3) is 0 Å². The number of methoxy groups -OCH3 is 1. The minimum atomic E-state index is -0.311. The molecule has 0 saturated carbocycles. The summed E-state index contributed by atoms with van der Waals surface area (Å²) in [5, 5.41) is 8.20. The predicted molar refractivity (Wildman–Crippen MR) is 82.0 cm³/mol. The number of hydrogen-bond acceptors (Lipinski definition) is 5. The Morgan fingerprint density at radius 2 is 2.43 bits per heavy atom. The minimum Gasteiger partial charge on any atom is -0.469 e. The summed E-state index contributed by atoms with van der Waals surface area (Å²) >= 11 is 1.54. The first-order chi connectivity index (χ1) is 10.2. The van der Waals surface area contributed by atoms with Gasteiger partial charge in [-0.2, -0.15) is 0 Å². The molecular formula is C15H22N2O3S. The molecule has 0 bridgehead atoms. The topological polar surface area (TPSA) is 67.4 Å². The molecule has 0 spiro atoms. The van der Waals surface area contributed by atoms with E-state index in [1.807, 2.05) is 17.5 Å². The van der Waals surface area contributed by atoms with E-state index in [0.29, 0.717) is 12.3 Å². The second-order valence-electron chi connectivity index (χ2n) is 5.31. The van der Waals surface area contributed by atoms with Crippen molar-refractivity contribution >= 4 is 23.2 Å². The SMILES string of the molecule is COC(=O)CC(NC(=O)CCC1CCNC1)c1cccs1. The summed E-state index contributed by atoms with van der Waals surface area (Å²) < 4.78 is 4.71. The molecule has 21 heavy (non-hydrogen) atoms. The van der Waals surface area contributed by atoms with Crippen molar-refractivity contribution in [1.29, 1.82) is 0 Å². The third kappa shape index (κ3) is 5.13. The maximum Gasteiger partial charge on any atom is 0.307 e. The van der Waals surface area contributed by atoms with Crippen molar-refractivity contribution in [3.8, 4) is 0 Å². The molecule has 116 valence electrons. The van der Waals surface area contributed by atoms with E-state index in [4.69, 9.17) is 4.74 Å². The highest BCUT2D eigenvalue weighted by molar-refractivity contribution is 7.10. The normalized spacial score (nSPS) is 19.2. The van der Waals surface area contributed by atoms with Crippen LogP contribution in [0.2, 0.25) is 0 Å². The fourth-order valence-electron chi connectivity index (χ4n) is 2.52. The van der Waals surface area contributed by atoms with Crippen LogP contribution in [-0.4, -0.2) is 32.1 Å². The van der Waals surface area contributed by atoms with Crippen LogP contribution in [0.15, 0.2) is 17.5 Å². The highest BCUT2D eigenvalue weighted by Gasteiger charge is 2.21. The van der Waals surface area contributed by atoms with Gasteiger partial charge < -0.3 is 15.4 Å². The zero-order chi connectivity index (χ0) is 15.1. The van der Waals surface area contributed by atoms with Gasteiger partial charge in [0.15, 0.2) is 0 Å². The lowest BCUT2D eigenvalue weighted by Crippen LogP contribution is -2.30.